The Morgan fingerprint density at radius 2 is 1.93 bits per heavy atom. The smallest absolute Gasteiger partial charge is 0.253 e. The van der Waals surface area contributed by atoms with E-state index in [0.717, 1.165) is 5.69 Å². The third kappa shape index (κ3) is 1.96. The van der Waals surface area contributed by atoms with Crippen LogP contribution in [0.25, 0.3) is 10.9 Å². The molecule has 0 radical (unpaired) electrons. The minimum absolute atomic E-state index is 0.106. The SMILES string of the molecule is Cc1ccc2c(S(=O)(=O)Cl)cccc2n1. The molecule has 5 heteroatoms. The molecule has 0 fully saturated rings. The fourth-order valence-corrected chi connectivity index (χ4v) is 2.52. The van der Waals surface area contributed by atoms with E-state index in [1.165, 1.54) is 6.07 Å². The highest BCUT2D eigenvalue weighted by Crippen LogP contribution is 2.24. The van der Waals surface area contributed by atoms with Crippen molar-refractivity contribution in [2.24, 2.45) is 0 Å². The number of halogens is 1. The van der Waals surface area contributed by atoms with E-state index in [4.69, 9.17) is 10.7 Å². The highest BCUT2D eigenvalue weighted by atomic mass is 35.7. The van der Waals surface area contributed by atoms with Crippen molar-refractivity contribution < 1.29 is 8.42 Å². The number of rotatable bonds is 1. The largest absolute Gasteiger partial charge is 0.261 e. The van der Waals surface area contributed by atoms with Crippen LogP contribution in [0.3, 0.4) is 0 Å². The van der Waals surface area contributed by atoms with Crippen molar-refractivity contribution in [1.82, 2.24) is 4.98 Å². The maximum atomic E-state index is 11.3. The van der Waals surface area contributed by atoms with Gasteiger partial charge in [0.25, 0.3) is 9.05 Å². The fraction of sp³-hybridized carbons (Fsp3) is 0.100. The summed E-state index contributed by atoms with van der Waals surface area (Å²) in [7, 11) is 1.61. The molecule has 0 saturated heterocycles. The Morgan fingerprint density at radius 1 is 1.20 bits per heavy atom. The van der Waals surface area contributed by atoms with Crippen molar-refractivity contribution in [3.8, 4) is 0 Å². The zero-order valence-electron chi connectivity index (χ0n) is 7.94. The summed E-state index contributed by atoms with van der Waals surface area (Å²) < 4.78 is 22.5. The van der Waals surface area contributed by atoms with Crippen LogP contribution in [-0.2, 0) is 9.05 Å². The Labute approximate surface area is 92.1 Å². The molecule has 0 spiro atoms. The molecule has 0 amide bonds. The molecule has 0 aliphatic carbocycles. The van der Waals surface area contributed by atoms with Crippen molar-refractivity contribution in [3.05, 3.63) is 36.0 Å². The Morgan fingerprint density at radius 3 is 2.60 bits per heavy atom. The van der Waals surface area contributed by atoms with Crippen molar-refractivity contribution >= 4 is 30.6 Å². The molecule has 0 N–H and O–H groups in total. The van der Waals surface area contributed by atoms with Gasteiger partial charge in [-0.05, 0) is 31.2 Å². The van der Waals surface area contributed by atoms with E-state index < -0.39 is 9.05 Å². The summed E-state index contributed by atoms with van der Waals surface area (Å²) in [5.41, 5.74) is 1.48. The van der Waals surface area contributed by atoms with Gasteiger partial charge in [-0.15, -0.1) is 0 Å². The van der Waals surface area contributed by atoms with E-state index >= 15 is 0 Å². The first-order valence-corrected chi connectivity index (χ1v) is 6.60. The second-order valence-corrected chi connectivity index (χ2v) is 5.75. The maximum Gasteiger partial charge on any atom is 0.261 e. The highest BCUT2D eigenvalue weighted by molar-refractivity contribution is 8.14. The zero-order valence-corrected chi connectivity index (χ0v) is 9.51. The molecule has 1 heterocycles. The second-order valence-electron chi connectivity index (χ2n) is 3.21. The van der Waals surface area contributed by atoms with Crippen molar-refractivity contribution in [2.75, 3.05) is 0 Å². The number of fused-ring (bicyclic) bond motifs is 1. The van der Waals surface area contributed by atoms with Crippen LogP contribution in [0.15, 0.2) is 35.2 Å². The first-order valence-electron chi connectivity index (χ1n) is 4.29. The molecular weight excluding hydrogens is 234 g/mol. The summed E-state index contributed by atoms with van der Waals surface area (Å²) in [6, 6.07) is 8.33. The van der Waals surface area contributed by atoms with Gasteiger partial charge in [0.1, 0.15) is 0 Å². The topological polar surface area (TPSA) is 47.0 Å². The number of hydrogen-bond donors (Lipinski definition) is 0. The molecule has 0 unspecified atom stereocenters. The Bertz CT molecular complexity index is 622. The third-order valence-electron chi connectivity index (χ3n) is 2.09. The lowest BCUT2D eigenvalue weighted by molar-refractivity contribution is 0.610. The van der Waals surface area contributed by atoms with E-state index in [1.807, 2.05) is 6.92 Å². The van der Waals surface area contributed by atoms with Gasteiger partial charge in [-0.3, -0.25) is 4.98 Å². The summed E-state index contributed by atoms with van der Waals surface area (Å²) in [6.45, 7) is 1.85. The summed E-state index contributed by atoms with van der Waals surface area (Å²) in [5, 5.41) is 0.554. The molecule has 0 saturated carbocycles. The maximum absolute atomic E-state index is 11.3. The number of benzene rings is 1. The first-order chi connectivity index (χ1) is 6.98. The average Bonchev–Trinajstić information content (AvgIpc) is 2.15. The predicted octanol–water partition coefficient (Wildman–Crippen LogP) is 2.47. The van der Waals surface area contributed by atoms with Crippen LogP contribution in [0.2, 0.25) is 0 Å². The molecular formula is C10H8ClNO2S. The van der Waals surface area contributed by atoms with Gasteiger partial charge >= 0.3 is 0 Å². The highest BCUT2D eigenvalue weighted by Gasteiger charge is 2.13. The van der Waals surface area contributed by atoms with E-state index in [2.05, 4.69) is 4.98 Å². The molecule has 2 aromatic rings. The quantitative estimate of drug-likeness (QED) is 0.721. The van der Waals surface area contributed by atoms with Crippen LogP contribution < -0.4 is 0 Å². The van der Waals surface area contributed by atoms with Gasteiger partial charge in [0.05, 0.1) is 10.4 Å². The Hall–Kier alpha value is -1.13. The van der Waals surface area contributed by atoms with Gasteiger partial charge in [0.2, 0.25) is 0 Å². The summed E-state index contributed by atoms with van der Waals surface area (Å²) in [6.07, 6.45) is 0. The van der Waals surface area contributed by atoms with Crippen LogP contribution in [0, 0.1) is 6.92 Å². The minimum atomic E-state index is -3.71. The molecule has 0 atom stereocenters. The van der Waals surface area contributed by atoms with Crippen molar-refractivity contribution in [1.29, 1.82) is 0 Å². The van der Waals surface area contributed by atoms with Gasteiger partial charge in [0, 0.05) is 21.8 Å². The number of hydrogen-bond acceptors (Lipinski definition) is 3. The third-order valence-corrected chi connectivity index (χ3v) is 3.47. The molecule has 15 heavy (non-hydrogen) atoms. The molecule has 0 bridgehead atoms. The summed E-state index contributed by atoms with van der Waals surface area (Å²) in [5.74, 6) is 0. The molecule has 78 valence electrons. The van der Waals surface area contributed by atoms with Gasteiger partial charge in [-0.25, -0.2) is 8.42 Å². The first kappa shape index (κ1) is 10.4. The van der Waals surface area contributed by atoms with E-state index in [0.29, 0.717) is 10.9 Å². The molecule has 1 aromatic heterocycles. The lowest BCUT2D eigenvalue weighted by Gasteiger charge is -2.02. The van der Waals surface area contributed by atoms with Crippen LogP contribution >= 0.6 is 10.7 Å². The molecule has 1 aromatic carbocycles. The van der Waals surface area contributed by atoms with E-state index in [9.17, 15) is 8.42 Å². The van der Waals surface area contributed by atoms with Crippen LogP contribution in [0.4, 0.5) is 0 Å². The van der Waals surface area contributed by atoms with Crippen LogP contribution in [-0.4, -0.2) is 13.4 Å². The van der Waals surface area contributed by atoms with Gasteiger partial charge in [-0.2, -0.15) is 0 Å². The lowest BCUT2D eigenvalue weighted by atomic mass is 10.2. The van der Waals surface area contributed by atoms with E-state index in [-0.39, 0.29) is 4.90 Å². The predicted molar refractivity (Wildman–Crippen MR) is 59.5 cm³/mol. The Kier molecular flexibility index (Phi) is 2.40. The summed E-state index contributed by atoms with van der Waals surface area (Å²) >= 11 is 0. The standard InChI is InChI=1S/C10H8ClNO2S/c1-7-5-6-8-9(12-7)3-2-4-10(8)15(11,13)14/h2-6H,1H3. The second kappa shape index (κ2) is 3.47. The van der Waals surface area contributed by atoms with Crippen LogP contribution in [0.1, 0.15) is 5.69 Å². The normalized spacial score (nSPS) is 11.9. The Balaban J connectivity index is 2.89. The summed E-state index contributed by atoms with van der Waals surface area (Å²) in [4.78, 5) is 4.33. The molecule has 0 aliphatic rings. The average molecular weight is 242 g/mol. The zero-order chi connectivity index (χ0) is 11.1. The lowest BCUT2D eigenvalue weighted by Crippen LogP contribution is -1.93. The van der Waals surface area contributed by atoms with Gasteiger partial charge in [0.15, 0.2) is 0 Å². The monoisotopic (exact) mass is 241 g/mol. The van der Waals surface area contributed by atoms with E-state index in [1.54, 1.807) is 24.3 Å². The number of aromatic nitrogens is 1. The van der Waals surface area contributed by atoms with Gasteiger partial charge < -0.3 is 0 Å². The number of aryl methyl sites for hydroxylation is 1. The fourth-order valence-electron chi connectivity index (χ4n) is 1.44. The number of pyridine rings is 1. The molecule has 3 nitrogen and oxygen atoms in total. The van der Waals surface area contributed by atoms with Crippen molar-refractivity contribution in [2.45, 2.75) is 11.8 Å². The minimum Gasteiger partial charge on any atom is -0.253 e. The molecule has 2 rings (SSSR count). The molecule has 0 aliphatic heterocycles. The number of nitrogens with zero attached hydrogens (tertiary/aromatic N) is 1. The van der Waals surface area contributed by atoms with Crippen molar-refractivity contribution in [3.63, 3.8) is 0 Å². The van der Waals surface area contributed by atoms with Gasteiger partial charge in [-0.1, -0.05) is 6.07 Å². The van der Waals surface area contributed by atoms with Crippen LogP contribution in [0.5, 0.6) is 0 Å².